The molecule has 0 bridgehead atoms. The molecule has 60 heavy (non-hydrogen) atoms. The number of alkyl halides is 3. The van der Waals surface area contributed by atoms with Crippen LogP contribution in [0.15, 0.2) is 78.5 Å². The number of carbonyl (C=O) groups excluding carboxylic acids is 4. The summed E-state index contributed by atoms with van der Waals surface area (Å²) in [5, 5.41) is 31.0. The number of pyridine rings is 1. The highest BCUT2D eigenvalue weighted by Crippen LogP contribution is 2.66. The topological polar surface area (TPSA) is 196 Å². The number of methoxy groups -OCH3 is 2. The van der Waals surface area contributed by atoms with Crippen molar-refractivity contribution < 1.29 is 61.9 Å². The number of carboxylic acids is 1. The molecule has 2 saturated heterocycles. The third kappa shape index (κ3) is 6.00. The van der Waals surface area contributed by atoms with Crippen molar-refractivity contribution in [1.29, 1.82) is 0 Å². The molecule has 2 aliphatic carbocycles. The third-order valence-corrected chi connectivity index (χ3v) is 12.4. The summed E-state index contributed by atoms with van der Waals surface area (Å²) in [5.74, 6) is -11.6. The Kier molecular flexibility index (Phi) is 9.74. The number of halogens is 5. The molecule has 310 valence electrons. The van der Waals surface area contributed by atoms with Gasteiger partial charge < -0.3 is 24.8 Å². The van der Waals surface area contributed by atoms with E-state index < -0.39 is 98.5 Å². The maximum Gasteiger partial charge on any atom is 0.417 e. The molecular weight excluding hydrogens is 836 g/mol. The summed E-state index contributed by atoms with van der Waals surface area (Å²) < 4.78 is 52.3. The van der Waals surface area contributed by atoms with Crippen molar-refractivity contribution in [2.24, 2.45) is 23.7 Å². The van der Waals surface area contributed by atoms with Crippen LogP contribution >= 0.6 is 23.2 Å². The number of amides is 4. The molecule has 8 rings (SSSR count). The molecule has 1 saturated carbocycles. The molecule has 4 amide bonds. The highest BCUT2D eigenvalue weighted by atomic mass is 35.5. The van der Waals surface area contributed by atoms with Crippen LogP contribution in [-0.4, -0.2) is 69.1 Å². The van der Waals surface area contributed by atoms with Gasteiger partial charge in [-0.1, -0.05) is 47.0 Å². The molecule has 4 aromatic rings. The zero-order chi connectivity index (χ0) is 43.2. The first kappa shape index (κ1) is 40.4. The predicted octanol–water partition coefficient (Wildman–Crippen LogP) is 6.72. The van der Waals surface area contributed by atoms with Crippen LogP contribution in [0.4, 0.5) is 24.7 Å². The third-order valence-electron chi connectivity index (χ3n) is 11.8. The molecule has 19 heteroatoms. The van der Waals surface area contributed by atoms with Gasteiger partial charge in [0, 0.05) is 40.9 Å². The minimum Gasteiger partial charge on any atom is -0.508 e. The van der Waals surface area contributed by atoms with Crippen molar-refractivity contribution in [1.82, 2.24) is 9.99 Å². The number of phenols is 2. The normalized spacial score (nSPS) is 24.8. The van der Waals surface area contributed by atoms with Gasteiger partial charge in [0.2, 0.25) is 11.8 Å². The number of aromatic nitrogens is 1. The van der Waals surface area contributed by atoms with Crippen LogP contribution in [0.3, 0.4) is 0 Å². The SMILES string of the molecule is COc1cc(O)cc(OC)c1C1C2=CCC3C(=O)N(c4ccc(C(=O)O)c(O)c4)C(=O)C3C2CC2C(=O)N(Nc3ncc(C(F)(F)F)cc3Cl)C(=O)C21c1ccc(Cl)cc1. The van der Waals surface area contributed by atoms with Crippen LogP contribution in [0.5, 0.6) is 23.0 Å². The van der Waals surface area contributed by atoms with Crippen molar-refractivity contribution >= 4 is 64.3 Å². The van der Waals surface area contributed by atoms with E-state index in [0.29, 0.717) is 22.8 Å². The van der Waals surface area contributed by atoms with E-state index >= 15 is 9.59 Å². The number of carbonyl (C=O) groups is 5. The van der Waals surface area contributed by atoms with Gasteiger partial charge in [0.25, 0.3) is 11.8 Å². The van der Waals surface area contributed by atoms with E-state index in [1.165, 1.54) is 44.6 Å². The molecule has 6 atom stereocenters. The second-order valence-corrected chi connectivity index (χ2v) is 15.5. The van der Waals surface area contributed by atoms with Gasteiger partial charge >= 0.3 is 12.1 Å². The summed E-state index contributed by atoms with van der Waals surface area (Å²) in [6.45, 7) is 0. The molecule has 0 radical (unpaired) electrons. The fraction of sp³-hybridized carbons (Fsp3) is 0.268. The van der Waals surface area contributed by atoms with Crippen LogP contribution < -0.4 is 19.8 Å². The number of rotatable bonds is 8. The summed E-state index contributed by atoms with van der Waals surface area (Å²) in [4.78, 5) is 75.6. The molecule has 6 unspecified atom stereocenters. The number of hydrazine groups is 1. The highest BCUT2D eigenvalue weighted by molar-refractivity contribution is 6.33. The Labute approximate surface area is 347 Å². The fourth-order valence-electron chi connectivity index (χ4n) is 9.40. The number of hydrogen-bond acceptors (Lipinski definition) is 11. The Morgan fingerprint density at radius 2 is 1.58 bits per heavy atom. The number of aromatic hydroxyl groups is 2. The van der Waals surface area contributed by atoms with Gasteiger partial charge in [0.15, 0.2) is 5.82 Å². The lowest BCUT2D eigenvalue weighted by atomic mass is 9.49. The number of fused-ring (bicyclic) bond motifs is 4. The number of nitrogens with one attached hydrogen (secondary N) is 1. The van der Waals surface area contributed by atoms with Crippen molar-refractivity contribution in [3.63, 3.8) is 0 Å². The second-order valence-electron chi connectivity index (χ2n) is 14.7. The summed E-state index contributed by atoms with van der Waals surface area (Å²) >= 11 is 12.6. The van der Waals surface area contributed by atoms with Gasteiger partial charge in [-0.3, -0.25) is 24.6 Å². The number of phenolic OH excluding ortho intramolecular Hbond substituents is 1. The fourth-order valence-corrected chi connectivity index (χ4v) is 9.74. The van der Waals surface area contributed by atoms with Crippen molar-refractivity contribution in [2.75, 3.05) is 24.5 Å². The number of aromatic carboxylic acids is 1. The van der Waals surface area contributed by atoms with E-state index in [4.69, 9.17) is 32.7 Å². The maximum absolute atomic E-state index is 15.5. The average Bonchev–Trinajstić information content (AvgIpc) is 3.58. The number of benzene rings is 3. The monoisotopic (exact) mass is 866 g/mol. The minimum absolute atomic E-state index is 0.0242. The number of anilines is 2. The average molecular weight is 868 g/mol. The van der Waals surface area contributed by atoms with E-state index in [0.717, 1.165) is 17.0 Å². The number of carboxylic acid groups (broad SMARTS) is 1. The van der Waals surface area contributed by atoms with E-state index in [9.17, 15) is 42.9 Å². The second kappa shape index (κ2) is 14.4. The Balaban J connectivity index is 1.34. The highest BCUT2D eigenvalue weighted by Gasteiger charge is 2.71. The first-order valence-corrected chi connectivity index (χ1v) is 18.9. The molecule has 0 spiro atoms. The number of allylic oxidation sites excluding steroid dienone is 2. The number of hydrogen-bond donors (Lipinski definition) is 4. The zero-order valence-electron chi connectivity index (χ0n) is 31.2. The summed E-state index contributed by atoms with van der Waals surface area (Å²) in [6, 6.07) is 12.5. The molecule has 3 heterocycles. The Morgan fingerprint density at radius 3 is 2.17 bits per heavy atom. The van der Waals surface area contributed by atoms with E-state index in [1.807, 2.05) is 0 Å². The van der Waals surface area contributed by atoms with Crippen LogP contribution in [-0.2, 0) is 30.8 Å². The maximum atomic E-state index is 15.5. The number of ether oxygens (including phenoxy) is 2. The van der Waals surface area contributed by atoms with Gasteiger partial charge in [-0.15, -0.1) is 0 Å². The lowest BCUT2D eigenvalue weighted by Crippen LogP contribution is -2.53. The van der Waals surface area contributed by atoms with Gasteiger partial charge in [-0.25, -0.2) is 14.7 Å². The molecule has 1 aromatic heterocycles. The first-order valence-electron chi connectivity index (χ1n) is 18.2. The van der Waals surface area contributed by atoms with E-state index in [-0.39, 0.29) is 51.9 Å². The van der Waals surface area contributed by atoms with Gasteiger partial charge in [-0.05, 0) is 54.7 Å². The molecule has 4 N–H and O–H groups in total. The molecule has 2 aliphatic heterocycles. The lowest BCUT2D eigenvalue weighted by Gasteiger charge is -2.51. The molecular formula is C41H31Cl2F3N4O10. The van der Waals surface area contributed by atoms with Gasteiger partial charge in [0.1, 0.15) is 28.6 Å². The lowest BCUT2D eigenvalue weighted by molar-refractivity contribution is -0.139. The molecule has 4 aliphatic rings. The van der Waals surface area contributed by atoms with Crippen LogP contribution in [0.1, 0.15) is 45.8 Å². The summed E-state index contributed by atoms with van der Waals surface area (Å²) in [7, 11) is 2.62. The van der Waals surface area contributed by atoms with Gasteiger partial charge in [0.05, 0.1) is 53.7 Å². The summed E-state index contributed by atoms with van der Waals surface area (Å²) in [5.41, 5.74) is -0.240. The number of imide groups is 2. The quantitative estimate of drug-likeness (QED) is 0.108. The van der Waals surface area contributed by atoms with Crippen molar-refractivity contribution in [2.45, 2.75) is 30.4 Å². The smallest absolute Gasteiger partial charge is 0.417 e. The predicted molar refractivity (Wildman–Crippen MR) is 206 cm³/mol. The van der Waals surface area contributed by atoms with E-state index in [1.54, 1.807) is 18.2 Å². The Bertz CT molecular complexity index is 2550. The Hall–Kier alpha value is -6.33. The van der Waals surface area contributed by atoms with Crippen molar-refractivity contribution in [3.8, 4) is 23.0 Å². The summed E-state index contributed by atoms with van der Waals surface area (Å²) in [6.07, 6.45) is -2.86. The van der Waals surface area contributed by atoms with Gasteiger partial charge in [-0.2, -0.15) is 18.2 Å². The standard InChI is InChI=1S/C41H31Cl2F3N4O10/c1-59-29-13-21(51)14-30(60-2)32(29)33-22-9-10-24-31(37(55)49(35(24)53)20-7-8-23(38(56)57)28(52)12-20)25(22)15-26-36(54)50(39(58)40(26,33)17-3-5-19(42)6-4-17)48-34-27(43)11-18(16-47-34)41(44,45)46/h3-9,11-14,16,24-26,31,33,51-52H,10,15H2,1-2H3,(H,47,48)(H,56,57). The van der Waals surface area contributed by atoms with E-state index in [2.05, 4.69) is 10.4 Å². The van der Waals surface area contributed by atoms with Crippen molar-refractivity contribution in [3.05, 3.63) is 111 Å². The molecule has 3 fully saturated rings. The van der Waals surface area contributed by atoms with Crippen LogP contribution in [0.2, 0.25) is 10.0 Å². The number of nitrogens with zero attached hydrogens (tertiary/aromatic N) is 3. The first-order chi connectivity index (χ1) is 28.4. The van der Waals surface area contributed by atoms with Crippen LogP contribution in [0.25, 0.3) is 0 Å². The largest absolute Gasteiger partial charge is 0.508 e. The molecule has 3 aromatic carbocycles. The van der Waals surface area contributed by atoms with Crippen LogP contribution in [0, 0.1) is 23.7 Å². The molecule has 14 nitrogen and oxygen atoms in total. The Morgan fingerprint density at radius 1 is 0.917 bits per heavy atom. The zero-order valence-corrected chi connectivity index (χ0v) is 32.7. The minimum atomic E-state index is -4.81.